The second-order valence-corrected chi connectivity index (χ2v) is 6.71. The van der Waals surface area contributed by atoms with Gasteiger partial charge in [-0.3, -0.25) is 14.9 Å². The maximum atomic E-state index is 12.8. The fraction of sp³-hybridized carbons (Fsp3) is 0.0435. The van der Waals surface area contributed by atoms with Gasteiger partial charge in [0.1, 0.15) is 11.5 Å². The average Bonchev–Trinajstić information content (AvgIpc) is 2.78. The molecule has 3 aromatic rings. The molecule has 0 N–H and O–H groups in total. The third-order valence-corrected chi connectivity index (χ3v) is 4.51. The van der Waals surface area contributed by atoms with Crippen molar-refractivity contribution in [2.24, 2.45) is 0 Å². The summed E-state index contributed by atoms with van der Waals surface area (Å²) in [6.07, 6.45) is 2.91. The molecule has 3 aromatic carbocycles. The molecule has 0 aliphatic rings. The van der Waals surface area contributed by atoms with Gasteiger partial charge in [0.25, 0.3) is 5.69 Å². The van der Waals surface area contributed by atoms with Gasteiger partial charge in [-0.25, -0.2) is 4.79 Å². The third-order valence-electron chi connectivity index (χ3n) is 4.28. The molecule has 31 heavy (non-hydrogen) atoms. The highest BCUT2D eigenvalue weighted by molar-refractivity contribution is 6.31. The Labute approximate surface area is 182 Å². The highest BCUT2D eigenvalue weighted by Gasteiger charge is 2.17. The molecular formula is C23H16ClNO6. The second-order valence-electron chi connectivity index (χ2n) is 6.27. The number of ether oxygens (including phenoxy) is 2. The lowest BCUT2D eigenvalue weighted by Gasteiger charge is -2.09. The van der Waals surface area contributed by atoms with E-state index in [-0.39, 0.29) is 22.6 Å². The fourth-order valence-electron chi connectivity index (χ4n) is 2.72. The van der Waals surface area contributed by atoms with E-state index >= 15 is 0 Å². The molecule has 0 saturated heterocycles. The first-order valence-corrected chi connectivity index (χ1v) is 9.38. The predicted octanol–water partition coefficient (Wildman–Crippen LogP) is 5.37. The third kappa shape index (κ3) is 5.34. The molecular weight excluding hydrogens is 422 g/mol. The molecule has 0 bridgehead atoms. The SMILES string of the molecule is COc1ccccc1C=CC(=O)c1cc(Cl)ccc1OC(=O)c1ccc([N+](=O)[O-])cc1. The van der Waals surface area contributed by atoms with Gasteiger partial charge in [0, 0.05) is 22.7 Å². The molecule has 0 spiro atoms. The number of hydrogen-bond donors (Lipinski definition) is 0. The second kappa shape index (κ2) is 9.69. The summed E-state index contributed by atoms with van der Waals surface area (Å²) in [5.41, 5.74) is 0.739. The van der Waals surface area contributed by atoms with Crippen molar-refractivity contribution in [3.05, 3.63) is 105 Å². The zero-order valence-corrected chi connectivity index (χ0v) is 17.0. The number of methoxy groups -OCH3 is 1. The van der Waals surface area contributed by atoms with Gasteiger partial charge in [-0.15, -0.1) is 0 Å². The highest BCUT2D eigenvalue weighted by Crippen LogP contribution is 2.26. The molecule has 0 unspecified atom stereocenters. The van der Waals surface area contributed by atoms with E-state index in [0.29, 0.717) is 16.3 Å². The van der Waals surface area contributed by atoms with E-state index in [9.17, 15) is 19.7 Å². The van der Waals surface area contributed by atoms with Crippen LogP contribution in [0.15, 0.2) is 72.8 Å². The summed E-state index contributed by atoms with van der Waals surface area (Å²) >= 11 is 6.03. The largest absolute Gasteiger partial charge is 0.496 e. The molecule has 0 radical (unpaired) electrons. The first-order chi connectivity index (χ1) is 14.9. The van der Waals surface area contributed by atoms with Crippen LogP contribution in [0.2, 0.25) is 5.02 Å². The van der Waals surface area contributed by atoms with Crippen molar-refractivity contribution >= 4 is 35.1 Å². The van der Waals surface area contributed by atoms with Gasteiger partial charge in [-0.1, -0.05) is 29.8 Å². The van der Waals surface area contributed by atoms with Gasteiger partial charge < -0.3 is 9.47 Å². The molecule has 0 saturated carbocycles. The van der Waals surface area contributed by atoms with Crippen molar-refractivity contribution in [1.82, 2.24) is 0 Å². The number of ketones is 1. The minimum atomic E-state index is -0.764. The Morgan fingerprint density at radius 1 is 1.00 bits per heavy atom. The number of halogens is 1. The summed E-state index contributed by atoms with van der Waals surface area (Å²) < 4.78 is 10.6. The number of para-hydroxylation sites is 1. The summed E-state index contributed by atoms with van der Waals surface area (Å²) in [4.78, 5) is 35.4. The monoisotopic (exact) mass is 437 g/mol. The molecule has 0 heterocycles. The van der Waals surface area contributed by atoms with E-state index < -0.39 is 16.7 Å². The van der Waals surface area contributed by atoms with Crippen molar-refractivity contribution in [1.29, 1.82) is 0 Å². The number of nitro groups is 1. The number of allylic oxidation sites excluding steroid dienone is 1. The van der Waals surface area contributed by atoms with Crippen molar-refractivity contribution in [2.45, 2.75) is 0 Å². The highest BCUT2D eigenvalue weighted by atomic mass is 35.5. The number of esters is 1. The van der Waals surface area contributed by atoms with Gasteiger partial charge in [0.2, 0.25) is 0 Å². The summed E-state index contributed by atoms with van der Waals surface area (Å²) in [5, 5.41) is 11.0. The van der Waals surface area contributed by atoms with Crippen LogP contribution in [0.4, 0.5) is 5.69 Å². The lowest BCUT2D eigenvalue weighted by molar-refractivity contribution is -0.384. The van der Waals surface area contributed by atoms with E-state index in [4.69, 9.17) is 21.1 Å². The van der Waals surface area contributed by atoms with E-state index in [0.717, 1.165) is 0 Å². The Morgan fingerprint density at radius 3 is 2.39 bits per heavy atom. The number of benzene rings is 3. The lowest BCUT2D eigenvalue weighted by atomic mass is 10.1. The maximum absolute atomic E-state index is 12.8. The Bertz CT molecular complexity index is 1170. The van der Waals surface area contributed by atoms with Gasteiger partial charge in [0.15, 0.2) is 5.78 Å². The van der Waals surface area contributed by atoms with Crippen LogP contribution in [-0.4, -0.2) is 23.8 Å². The number of carbonyl (C=O) groups is 2. The molecule has 0 aromatic heterocycles. The van der Waals surface area contributed by atoms with Gasteiger partial charge in [-0.05, 0) is 48.6 Å². The summed E-state index contributed by atoms with van der Waals surface area (Å²) in [6.45, 7) is 0. The summed E-state index contributed by atoms with van der Waals surface area (Å²) in [7, 11) is 1.53. The molecule has 156 valence electrons. The van der Waals surface area contributed by atoms with Crippen molar-refractivity contribution in [3.8, 4) is 11.5 Å². The van der Waals surface area contributed by atoms with Crippen LogP contribution in [0.1, 0.15) is 26.3 Å². The van der Waals surface area contributed by atoms with Gasteiger partial charge in [-0.2, -0.15) is 0 Å². The molecule has 0 fully saturated rings. The Kier molecular flexibility index (Phi) is 6.79. The van der Waals surface area contributed by atoms with E-state index in [1.165, 1.54) is 55.7 Å². The first kappa shape index (κ1) is 21.7. The van der Waals surface area contributed by atoms with Crippen LogP contribution < -0.4 is 9.47 Å². The summed E-state index contributed by atoms with van der Waals surface area (Å²) in [5.74, 6) is -0.579. The number of nitro benzene ring substituents is 1. The normalized spacial score (nSPS) is 10.6. The van der Waals surface area contributed by atoms with Crippen LogP contribution >= 0.6 is 11.6 Å². The zero-order valence-electron chi connectivity index (χ0n) is 16.3. The minimum Gasteiger partial charge on any atom is -0.496 e. The smallest absolute Gasteiger partial charge is 0.343 e. The van der Waals surface area contributed by atoms with Crippen molar-refractivity contribution < 1.29 is 24.0 Å². The molecule has 3 rings (SSSR count). The molecule has 0 atom stereocenters. The molecule has 0 aliphatic heterocycles. The quantitative estimate of drug-likeness (QED) is 0.123. The Morgan fingerprint density at radius 2 is 1.71 bits per heavy atom. The van der Waals surface area contributed by atoms with Crippen LogP contribution in [0.3, 0.4) is 0 Å². The molecule has 8 heteroatoms. The topological polar surface area (TPSA) is 95.7 Å². The van der Waals surface area contributed by atoms with E-state index in [2.05, 4.69) is 0 Å². The first-order valence-electron chi connectivity index (χ1n) is 9.00. The number of carbonyl (C=O) groups excluding carboxylic acids is 2. The molecule has 0 amide bonds. The van der Waals surface area contributed by atoms with Crippen LogP contribution in [0.5, 0.6) is 11.5 Å². The summed E-state index contributed by atoms with van der Waals surface area (Å²) in [6, 6.07) is 16.4. The van der Waals surface area contributed by atoms with Crippen molar-refractivity contribution in [2.75, 3.05) is 7.11 Å². The maximum Gasteiger partial charge on any atom is 0.343 e. The molecule has 7 nitrogen and oxygen atoms in total. The van der Waals surface area contributed by atoms with E-state index in [1.807, 2.05) is 12.1 Å². The van der Waals surface area contributed by atoms with Crippen molar-refractivity contribution in [3.63, 3.8) is 0 Å². The number of rotatable bonds is 7. The Hall–Kier alpha value is -3.97. The van der Waals surface area contributed by atoms with E-state index in [1.54, 1.807) is 18.2 Å². The number of hydrogen-bond acceptors (Lipinski definition) is 6. The van der Waals surface area contributed by atoms with Gasteiger partial charge >= 0.3 is 5.97 Å². The Balaban J connectivity index is 1.84. The minimum absolute atomic E-state index is 0.0161. The fourth-order valence-corrected chi connectivity index (χ4v) is 2.89. The average molecular weight is 438 g/mol. The zero-order chi connectivity index (χ0) is 22.4. The van der Waals surface area contributed by atoms with Crippen LogP contribution in [0, 0.1) is 10.1 Å². The van der Waals surface area contributed by atoms with Crippen LogP contribution in [0.25, 0.3) is 6.08 Å². The number of nitrogens with zero attached hydrogens (tertiary/aromatic N) is 1. The predicted molar refractivity (Wildman–Crippen MR) is 116 cm³/mol. The van der Waals surface area contributed by atoms with Gasteiger partial charge in [0.05, 0.1) is 23.2 Å². The standard InChI is InChI=1S/C23H16ClNO6/c1-30-21-5-3-2-4-15(21)8-12-20(26)19-14-17(24)9-13-22(19)31-23(27)16-6-10-18(11-7-16)25(28)29/h2-14H,1H3. The number of non-ortho nitro benzene ring substituents is 1. The molecule has 0 aliphatic carbocycles. The lowest BCUT2D eigenvalue weighted by Crippen LogP contribution is -2.11. The van der Waals surface area contributed by atoms with Crippen LogP contribution in [-0.2, 0) is 0 Å².